The predicted octanol–water partition coefficient (Wildman–Crippen LogP) is 7.00. The molecule has 0 fully saturated rings. The van der Waals surface area contributed by atoms with E-state index >= 15 is 0 Å². The first-order valence-electron chi connectivity index (χ1n) is 12.7. The molecule has 1 heterocycles. The largest absolute Gasteiger partial charge is 0.479 e. The van der Waals surface area contributed by atoms with Crippen LogP contribution in [0.1, 0.15) is 32.6 Å². The number of aryl methyl sites for hydroxylation is 1. The number of alkyl halides is 3. The molecule has 0 aliphatic rings. The Morgan fingerprint density at radius 1 is 1.07 bits per heavy atom. The van der Waals surface area contributed by atoms with Gasteiger partial charge in [-0.2, -0.15) is 13.2 Å². The van der Waals surface area contributed by atoms with E-state index in [2.05, 4.69) is 4.74 Å². The van der Waals surface area contributed by atoms with Crippen molar-refractivity contribution < 1.29 is 37.5 Å². The Bertz CT molecular complexity index is 1690. The van der Waals surface area contributed by atoms with E-state index in [0.717, 1.165) is 28.1 Å². The Labute approximate surface area is 238 Å². The third-order valence-corrected chi connectivity index (χ3v) is 6.39. The van der Waals surface area contributed by atoms with Crippen molar-refractivity contribution in [1.82, 2.24) is 4.57 Å². The fraction of sp³-hybridized carbons (Fsp3) is 0.161. The van der Waals surface area contributed by atoms with Gasteiger partial charge in [0, 0.05) is 35.3 Å². The molecule has 0 saturated heterocycles. The maximum atomic E-state index is 13.0. The summed E-state index contributed by atoms with van der Waals surface area (Å²) in [7, 11) is 0. The Hall–Kier alpha value is -5.03. The van der Waals surface area contributed by atoms with Crippen molar-refractivity contribution >= 4 is 40.5 Å². The van der Waals surface area contributed by atoms with Gasteiger partial charge in [-0.25, -0.2) is 4.79 Å². The van der Waals surface area contributed by atoms with Gasteiger partial charge in [-0.15, -0.1) is 0 Å². The van der Waals surface area contributed by atoms with Crippen LogP contribution in [0.3, 0.4) is 0 Å². The molecule has 4 aromatic rings. The van der Waals surface area contributed by atoms with Crippen molar-refractivity contribution in [2.45, 2.75) is 32.4 Å². The fourth-order valence-corrected chi connectivity index (χ4v) is 4.29. The molecule has 0 amide bonds. The number of hydrogen-bond donors (Lipinski definition) is 1. The van der Waals surface area contributed by atoms with E-state index in [1.54, 1.807) is 18.3 Å². The van der Waals surface area contributed by atoms with Gasteiger partial charge in [0.1, 0.15) is 0 Å². The molecule has 3 aromatic carbocycles. The zero-order valence-electron chi connectivity index (χ0n) is 22.2. The molecule has 0 saturated carbocycles. The molecule has 1 atom stereocenters. The summed E-state index contributed by atoms with van der Waals surface area (Å²) < 4.78 is 44.8. The average Bonchev–Trinajstić information content (AvgIpc) is 3.31. The Balaban J connectivity index is 1.52. The molecule has 42 heavy (non-hydrogen) atoms. The molecule has 0 bridgehead atoms. The van der Waals surface area contributed by atoms with E-state index in [1.165, 1.54) is 24.3 Å². The maximum Gasteiger partial charge on any atom is 0.425 e. The summed E-state index contributed by atoms with van der Waals surface area (Å²) in [5, 5.41) is 21.2. The van der Waals surface area contributed by atoms with E-state index in [9.17, 15) is 32.9 Å². The lowest BCUT2D eigenvalue weighted by atomic mass is 10.1. The average molecular weight is 579 g/mol. The number of ether oxygens (including phenoxy) is 1. The standard InChI is InChI=1S/C31H25F3N2O6/c1-20-8-10-21(11-9-20)13-15-28(37)25-18-35(26-7-3-2-6-24(25)26)16-4-5-23-14-12-22(17-27(23)36(40)41)19-42-29(30(38)39)31(32,33)34/h2-15,17-18,29H,16,19H2,1H3,(H,38,39)/b5-4+,15-13+/t29-/m1/s1. The van der Waals surface area contributed by atoms with Gasteiger partial charge in [-0.05, 0) is 36.3 Å². The van der Waals surface area contributed by atoms with Crippen LogP contribution >= 0.6 is 0 Å². The van der Waals surface area contributed by atoms with Gasteiger partial charge in [-0.1, -0.05) is 72.3 Å². The quantitative estimate of drug-likeness (QED) is 0.0888. The zero-order chi connectivity index (χ0) is 30.4. The second-order valence-corrected chi connectivity index (χ2v) is 9.44. The van der Waals surface area contributed by atoms with Gasteiger partial charge < -0.3 is 14.4 Å². The second-order valence-electron chi connectivity index (χ2n) is 9.44. The number of halogens is 3. The Morgan fingerprint density at radius 3 is 2.45 bits per heavy atom. The number of rotatable bonds is 11. The number of aromatic nitrogens is 1. The van der Waals surface area contributed by atoms with Crippen LogP contribution in [0.2, 0.25) is 0 Å². The van der Waals surface area contributed by atoms with Crippen LogP contribution in [0.25, 0.3) is 23.1 Å². The number of nitro groups is 1. The van der Waals surface area contributed by atoms with E-state index in [-0.39, 0.29) is 29.1 Å². The molecule has 11 heteroatoms. The monoisotopic (exact) mass is 578 g/mol. The van der Waals surface area contributed by atoms with Crippen molar-refractivity contribution in [1.29, 1.82) is 0 Å². The van der Waals surface area contributed by atoms with Crippen LogP contribution < -0.4 is 0 Å². The number of ketones is 1. The summed E-state index contributed by atoms with van der Waals surface area (Å²) in [4.78, 5) is 34.9. The molecule has 0 radical (unpaired) electrons. The molecule has 0 unspecified atom stereocenters. The summed E-state index contributed by atoms with van der Waals surface area (Å²) in [6, 6.07) is 18.8. The lowest BCUT2D eigenvalue weighted by Crippen LogP contribution is -2.38. The van der Waals surface area contributed by atoms with Gasteiger partial charge in [0.2, 0.25) is 0 Å². The van der Waals surface area contributed by atoms with Crippen LogP contribution in [-0.4, -0.2) is 38.6 Å². The molecule has 8 nitrogen and oxygen atoms in total. The fourth-order valence-electron chi connectivity index (χ4n) is 4.29. The Kier molecular flexibility index (Phi) is 9.02. The number of allylic oxidation sites excluding steroid dienone is 2. The Morgan fingerprint density at radius 2 is 1.79 bits per heavy atom. The summed E-state index contributed by atoms with van der Waals surface area (Å²) in [5.74, 6) is -2.39. The summed E-state index contributed by atoms with van der Waals surface area (Å²) in [6.45, 7) is 1.46. The maximum absolute atomic E-state index is 13.0. The number of benzene rings is 3. The first-order valence-corrected chi connectivity index (χ1v) is 12.7. The second kappa shape index (κ2) is 12.6. The molecule has 4 rings (SSSR count). The summed E-state index contributed by atoms with van der Waals surface area (Å²) in [5.41, 5.74) is 3.09. The van der Waals surface area contributed by atoms with Crippen LogP contribution in [0.5, 0.6) is 0 Å². The zero-order valence-corrected chi connectivity index (χ0v) is 22.2. The predicted molar refractivity (Wildman–Crippen MR) is 151 cm³/mol. The molecule has 216 valence electrons. The first-order chi connectivity index (χ1) is 19.9. The number of fused-ring (bicyclic) bond motifs is 1. The number of carboxylic acid groups (broad SMARTS) is 1. The van der Waals surface area contributed by atoms with Crippen LogP contribution in [-0.2, 0) is 22.7 Å². The smallest absolute Gasteiger partial charge is 0.425 e. The van der Waals surface area contributed by atoms with Gasteiger partial charge in [0.15, 0.2) is 5.78 Å². The third-order valence-electron chi connectivity index (χ3n) is 6.39. The molecule has 0 aliphatic carbocycles. The minimum atomic E-state index is -5.13. The number of carbonyl (C=O) groups excluding carboxylic acids is 1. The highest BCUT2D eigenvalue weighted by Gasteiger charge is 2.46. The molecular formula is C31H25F3N2O6. The van der Waals surface area contributed by atoms with Crippen LogP contribution in [0, 0.1) is 17.0 Å². The highest BCUT2D eigenvalue weighted by molar-refractivity contribution is 6.14. The number of aliphatic carboxylic acids is 1. The molecule has 1 aromatic heterocycles. The first kappa shape index (κ1) is 29.9. The molecule has 0 spiro atoms. The van der Waals surface area contributed by atoms with Gasteiger partial charge in [0.05, 0.1) is 17.1 Å². The number of nitro benzene ring substituents is 1. The topological polar surface area (TPSA) is 112 Å². The lowest BCUT2D eigenvalue weighted by Gasteiger charge is -2.16. The summed E-state index contributed by atoms with van der Waals surface area (Å²) >= 11 is 0. The number of carboxylic acids is 1. The molecule has 0 aliphatic heterocycles. The van der Waals surface area contributed by atoms with Crippen LogP contribution in [0.4, 0.5) is 18.9 Å². The normalized spacial score (nSPS) is 12.8. The minimum Gasteiger partial charge on any atom is -0.479 e. The van der Waals surface area contributed by atoms with Crippen molar-refractivity contribution in [3.63, 3.8) is 0 Å². The van der Waals surface area contributed by atoms with Crippen molar-refractivity contribution in [2.75, 3.05) is 0 Å². The van der Waals surface area contributed by atoms with Crippen molar-refractivity contribution in [3.8, 4) is 0 Å². The SMILES string of the molecule is Cc1ccc(/C=C/C(=O)c2cn(C/C=C/c3ccc(CO[C@H](C(=O)O)C(F)(F)F)cc3[N+](=O)[O-])c3ccccc23)cc1. The number of nitrogens with zero attached hydrogens (tertiary/aromatic N) is 2. The number of para-hydroxylation sites is 1. The lowest BCUT2D eigenvalue weighted by molar-refractivity contribution is -0.385. The van der Waals surface area contributed by atoms with Crippen molar-refractivity contribution in [3.05, 3.63) is 123 Å². The highest BCUT2D eigenvalue weighted by Crippen LogP contribution is 2.27. The van der Waals surface area contributed by atoms with E-state index in [0.29, 0.717) is 5.56 Å². The molecule has 1 N–H and O–H groups in total. The van der Waals surface area contributed by atoms with E-state index < -0.39 is 29.8 Å². The van der Waals surface area contributed by atoms with E-state index in [1.807, 2.05) is 60.0 Å². The molecular weight excluding hydrogens is 553 g/mol. The third kappa shape index (κ3) is 7.18. The van der Waals surface area contributed by atoms with E-state index in [4.69, 9.17) is 5.11 Å². The summed E-state index contributed by atoms with van der Waals surface area (Å²) in [6.07, 6.45) is -0.0723. The van der Waals surface area contributed by atoms with Gasteiger partial charge in [0.25, 0.3) is 11.8 Å². The number of carbonyl (C=O) groups is 2. The van der Waals surface area contributed by atoms with Crippen molar-refractivity contribution in [2.24, 2.45) is 0 Å². The number of hydrogen-bond acceptors (Lipinski definition) is 5. The van der Waals surface area contributed by atoms with Gasteiger partial charge >= 0.3 is 12.1 Å². The minimum absolute atomic E-state index is 0.00704. The van der Waals surface area contributed by atoms with Gasteiger partial charge in [-0.3, -0.25) is 14.9 Å². The highest BCUT2D eigenvalue weighted by atomic mass is 19.4. The van der Waals surface area contributed by atoms with Crippen LogP contribution in [0.15, 0.2) is 85.1 Å².